The fourth-order valence-corrected chi connectivity index (χ4v) is 4.50. The van der Waals surface area contributed by atoms with Crippen LogP contribution in [0.1, 0.15) is 37.2 Å². The van der Waals surface area contributed by atoms with Crippen molar-refractivity contribution in [1.82, 2.24) is 15.1 Å². The molecule has 2 aliphatic heterocycles. The van der Waals surface area contributed by atoms with Crippen LogP contribution >= 0.6 is 0 Å². The van der Waals surface area contributed by atoms with Crippen LogP contribution in [0.3, 0.4) is 0 Å². The largest absolute Gasteiger partial charge is 0.324 e. The second kappa shape index (κ2) is 6.55. The van der Waals surface area contributed by atoms with Crippen LogP contribution in [0, 0.1) is 5.92 Å². The number of urea groups is 1. The first kappa shape index (κ1) is 15.6. The number of fused-ring (bicyclic) bond motifs is 1. The van der Waals surface area contributed by atoms with Crippen molar-refractivity contribution < 1.29 is 9.59 Å². The Bertz CT molecular complexity index is 610. The molecule has 0 spiro atoms. The second-order valence-corrected chi connectivity index (χ2v) is 7.39. The predicted molar refractivity (Wildman–Crippen MR) is 91.6 cm³/mol. The maximum absolute atomic E-state index is 11.9. The lowest BCUT2D eigenvalue weighted by Gasteiger charge is -2.38. The molecule has 1 aromatic carbocycles. The van der Waals surface area contributed by atoms with Crippen molar-refractivity contribution in [2.75, 3.05) is 26.2 Å². The number of rotatable bonds is 3. The molecule has 128 valence electrons. The van der Waals surface area contributed by atoms with Gasteiger partial charge in [-0.3, -0.25) is 15.0 Å². The molecule has 1 atom stereocenters. The van der Waals surface area contributed by atoms with Gasteiger partial charge in [0.2, 0.25) is 0 Å². The SMILES string of the molecule is O=C1NC(=O)N2CCN(CC3CCC(c4ccccc4)CC3)C[C@H]12. The Balaban J connectivity index is 1.29. The van der Waals surface area contributed by atoms with Crippen molar-refractivity contribution in [1.29, 1.82) is 0 Å². The van der Waals surface area contributed by atoms with Gasteiger partial charge in [0.15, 0.2) is 0 Å². The van der Waals surface area contributed by atoms with E-state index in [2.05, 4.69) is 40.5 Å². The summed E-state index contributed by atoms with van der Waals surface area (Å²) in [4.78, 5) is 27.6. The second-order valence-electron chi connectivity index (χ2n) is 7.39. The van der Waals surface area contributed by atoms with E-state index in [1.165, 1.54) is 31.2 Å². The van der Waals surface area contributed by atoms with Crippen LogP contribution in [0.5, 0.6) is 0 Å². The molecule has 3 aliphatic rings. The van der Waals surface area contributed by atoms with E-state index in [4.69, 9.17) is 0 Å². The van der Waals surface area contributed by atoms with Gasteiger partial charge in [-0.25, -0.2) is 4.79 Å². The molecule has 0 unspecified atom stereocenters. The van der Waals surface area contributed by atoms with E-state index in [9.17, 15) is 9.59 Å². The van der Waals surface area contributed by atoms with Crippen LogP contribution in [-0.4, -0.2) is 54.0 Å². The van der Waals surface area contributed by atoms with Gasteiger partial charge >= 0.3 is 6.03 Å². The number of nitrogens with one attached hydrogen (secondary N) is 1. The fraction of sp³-hybridized carbons (Fsp3) is 0.579. The van der Waals surface area contributed by atoms with Crippen LogP contribution in [0.4, 0.5) is 4.79 Å². The summed E-state index contributed by atoms with van der Waals surface area (Å²) in [5.41, 5.74) is 1.48. The van der Waals surface area contributed by atoms with E-state index in [1.54, 1.807) is 4.90 Å². The fourth-order valence-electron chi connectivity index (χ4n) is 4.50. The molecule has 0 radical (unpaired) electrons. The van der Waals surface area contributed by atoms with E-state index in [1.807, 2.05) is 0 Å². The van der Waals surface area contributed by atoms with Crippen molar-refractivity contribution in [2.24, 2.45) is 5.92 Å². The van der Waals surface area contributed by atoms with Crippen LogP contribution in [0.2, 0.25) is 0 Å². The smallest absolute Gasteiger partial charge is 0.310 e. The topological polar surface area (TPSA) is 52.7 Å². The number of hydrogen-bond donors (Lipinski definition) is 1. The highest BCUT2D eigenvalue weighted by atomic mass is 16.2. The van der Waals surface area contributed by atoms with Gasteiger partial charge in [0.25, 0.3) is 5.91 Å². The Kier molecular flexibility index (Phi) is 4.27. The molecule has 3 fully saturated rings. The zero-order valence-corrected chi connectivity index (χ0v) is 14.0. The van der Waals surface area contributed by atoms with E-state index >= 15 is 0 Å². The molecule has 1 aromatic rings. The van der Waals surface area contributed by atoms with Crippen molar-refractivity contribution in [2.45, 2.75) is 37.6 Å². The van der Waals surface area contributed by atoms with E-state index in [0.29, 0.717) is 19.0 Å². The summed E-state index contributed by atoms with van der Waals surface area (Å²) in [6, 6.07) is 10.4. The molecule has 0 aromatic heterocycles. The number of amides is 3. The number of benzene rings is 1. The zero-order chi connectivity index (χ0) is 16.5. The van der Waals surface area contributed by atoms with Gasteiger partial charge in [-0.2, -0.15) is 0 Å². The molecule has 24 heavy (non-hydrogen) atoms. The zero-order valence-electron chi connectivity index (χ0n) is 14.0. The maximum Gasteiger partial charge on any atom is 0.324 e. The quantitative estimate of drug-likeness (QED) is 0.866. The molecule has 2 saturated heterocycles. The summed E-state index contributed by atoms with van der Waals surface area (Å²) in [7, 11) is 0. The Labute approximate surface area is 143 Å². The Morgan fingerprint density at radius 1 is 1.00 bits per heavy atom. The summed E-state index contributed by atoms with van der Waals surface area (Å²) < 4.78 is 0. The summed E-state index contributed by atoms with van der Waals surface area (Å²) in [5, 5.41) is 2.43. The van der Waals surface area contributed by atoms with E-state index in [0.717, 1.165) is 19.0 Å². The third kappa shape index (κ3) is 3.05. The average Bonchev–Trinajstić information content (AvgIpc) is 2.90. The summed E-state index contributed by atoms with van der Waals surface area (Å²) >= 11 is 0. The first-order valence-corrected chi connectivity index (χ1v) is 9.09. The van der Waals surface area contributed by atoms with Crippen molar-refractivity contribution in [3.05, 3.63) is 35.9 Å². The van der Waals surface area contributed by atoms with Gasteiger partial charge in [-0.05, 0) is 43.1 Å². The van der Waals surface area contributed by atoms with E-state index in [-0.39, 0.29) is 18.0 Å². The highest BCUT2D eigenvalue weighted by Crippen LogP contribution is 2.36. The third-order valence-electron chi connectivity index (χ3n) is 5.89. The summed E-state index contributed by atoms with van der Waals surface area (Å²) in [6.45, 7) is 3.31. The Morgan fingerprint density at radius 2 is 1.75 bits per heavy atom. The number of carbonyl (C=O) groups is 2. The van der Waals surface area contributed by atoms with Gasteiger partial charge in [0.1, 0.15) is 6.04 Å². The molecule has 1 saturated carbocycles. The Morgan fingerprint density at radius 3 is 2.50 bits per heavy atom. The van der Waals surface area contributed by atoms with Crippen LogP contribution < -0.4 is 5.32 Å². The van der Waals surface area contributed by atoms with Gasteiger partial charge in [0, 0.05) is 26.2 Å². The van der Waals surface area contributed by atoms with Gasteiger partial charge in [0.05, 0.1) is 0 Å². The first-order valence-electron chi connectivity index (χ1n) is 9.09. The van der Waals surface area contributed by atoms with Crippen LogP contribution in [-0.2, 0) is 4.79 Å². The minimum atomic E-state index is -0.271. The molecular formula is C19H25N3O2. The number of imide groups is 1. The number of piperazine rings is 1. The molecule has 2 heterocycles. The maximum atomic E-state index is 11.9. The highest BCUT2D eigenvalue weighted by molar-refractivity contribution is 6.04. The van der Waals surface area contributed by atoms with Crippen molar-refractivity contribution in [3.8, 4) is 0 Å². The van der Waals surface area contributed by atoms with Gasteiger partial charge in [-0.1, -0.05) is 30.3 Å². The van der Waals surface area contributed by atoms with Crippen LogP contribution in [0.15, 0.2) is 30.3 Å². The number of carbonyl (C=O) groups excluding carboxylic acids is 2. The van der Waals surface area contributed by atoms with Gasteiger partial charge in [-0.15, -0.1) is 0 Å². The minimum Gasteiger partial charge on any atom is -0.310 e. The molecule has 5 nitrogen and oxygen atoms in total. The highest BCUT2D eigenvalue weighted by Gasteiger charge is 2.42. The van der Waals surface area contributed by atoms with Gasteiger partial charge < -0.3 is 4.90 Å². The third-order valence-corrected chi connectivity index (χ3v) is 5.89. The van der Waals surface area contributed by atoms with E-state index < -0.39 is 0 Å². The molecule has 1 aliphatic carbocycles. The summed E-state index contributed by atoms with van der Waals surface area (Å²) in [5.74, 6) is 1.30. The average molecular weight is 327 g/mol. The number of hydrogen-bond acceptors (Lipinski definition) is 3. The monoisotopic (exact) mass is 327 g/mol. The molecule has 3 amide bonds. The molecular weight excluding hydrogens is 302 g/mol. The normalized spacial score (nSPS) is 31.0. The standard InChI is InChI=1S/C19H25N3O2/c23-18-17-13-21(10-11-22(17)19(24)20-18)12-14-6-8-16(9-7-14)15-4-2-1-3-5-15/h1-5,14,16-17H,6-13H2,(H,20,23,24)/t14?,16?,17-/m1/s1. The number of nitrogens with zero attached hydrogens (tertiary/aromatic N) is 2. The molecule has 0 bridgehead atoms. The minimum absolute atomic E-state index is 0.127. The Hall–Kier alpha value is -1.88. The lowest BCUT2D eigenvalue weighted by Crippen LogP contribution is -2.54. The predicted octanol–water partition coefficient (Wildman–Crippen LogP) is 2.20. The molecule has 4 rings (SSSR count). The van der Waals surface area contributed by atoms with Crippen LogP contribution in [0.25, 0.3) is 0 Å². The lowest BCUT2D eigenvalue weighted by molar-refractivity contribution is -0.122. The first-order chi connectivity index (χ1) is 11.7. The molecule has 5 heteroatoms. The van der Waals surface area contributed by atoms with Crippen molar-refractivity contribution in [3.63, 3.8) is 0 Å². The molecule has 1 N–H and O–H groups in total. The van der Waals surface area contributed by atoms with Crippen molar-refractivity contribution >= 4 is 11.9 Å². The lowest BCUT2D eigenvalue weighted by atomic mass is 9.78. The summed E-state index contributed by atoms with van der Waals surface area (Å²) in [6.07, 6.45) is 5.04.